The first-order valence-corrected chi connectivity index (χ1v) is 5.17. The maximum absolute atomic E-state index is 11.8. The van der Waals surface area contributed by atoms with E-state index in [2.05, 4.69) is 20.3 Å². The fraction of sp³-hybridized carbons (Fsp3) is 0.200. The van der Waals surface area contributed by atoms with Crippen LogP contribution in [0.4, 0.5) is 0 Å². The lowest BCUT2D eigenvalue weighted by Gasteiger charge is -1.99. The van der Waals surface area contributed by atoms with Crippen molar-refractivity contribution < 1.29 is 0 Å². The molecule has 0 amide bonds. The molecule has 0 unspecified atom stereocenters. The summed E-state index contributed by atoms with van der Waals surface area (Å²) in [5, 5.41) is 9.90. The molecule has 86 valence electrons. The largest absolute Gasteiger partial charge is 0.272 e. The standard InChI is InChI=1S/C10H9N5O2/c1-2-15-8-5(4-12-15)7-6(3-11-8)9(16)13-14-10(7)17/h3-4H,2H2,1H3,(H,13,16)(H,14,17). The zero-order chi connectivity index (χ0) is 12.0. The summed E-state index contributed by atoms with van der Waals surface area (Å²) in [5.74, 6) is 0. The Hall–Kier alpha value is -2.44. The van der Waals surface area contributed by atoms with Crippen molar-refractivity contribution in [3.63, 3.8) is 0 Å². The van der Waals surface area contributed by atoms with E-state index in [0.29, 0.717) is 23.0 Å². The highest BCUT2D eigenvalue weighted by atomic mass is 16.1. The Morgan fingerprint density at radius 2 is 1.94 bits per heavy atom. The van der Waals surface area contributed by atoms with Gasteiger partial charge in [-0.1, -0.05) is 0 Å². The van der Waals surface area contributed by atoms with Gasteiger partial charge in [0.05, 0.1) is 22.4 Å². The highest BCUT2D eigenvalue weighted by molar-refractivity contribution is 6.02. The summed E-state index contributed by atoms with van der Waals surface area (Å²) in [5.41, 5.74) is -0.1000. The molecule has 2 N–H and O–H groups in total. The van der Waals surface area contributed by atoms with Gasteiger partial charge in [0.2, 0.25) is 0 Å². The third kappa shape index (κ3) is 1.22. The number of H-pyrrole nitrogens is 2. The molecule has 0 aliphatic heterocycles. The number of aromatic amines is 2. The van der Waals surface area contributed by atoms with Crippen molar-refractivity contribution in [2.75, 3.05) is 0 Å². The minimum Gasteiger partial charge on any atom is -0.267 e. The van der Waals surface area contributed by atoms with Gasteiger partial charge in [-0.2, -0.15) is 5.10 Å². The van der Waals surface area contributed by atoms with Crippen molar-refractivity contribution in [2.24, 2.45) is 0 Å². The topological polar surface area (TPSA) is 96.4 Å². The number of rotatable bonds is 1. The summed E-state index contributed by atoms with van der Waals surface area (Å²) >= 11 is 0. The number of fused-ring (bicyclic) bond motifs is 3. The molecule has 3 aromatic rings. The normalized spacial score (nSPS) is 11.4. The van der Waals surface area contributed by atoms with Gasteiger partial charge < -0.3 is 0 Å². The van der Waals surface area contributed by atoms with E-state index < -0.39 is 0 Å². The van der Waals surface area contributed by atoms with Gasteiger partial charge in [-0.3, -0.25) is 19.8 Å². The Labute approximate surface area is 94.1 Å². The Morgan fingerprint density at radius 3 is 2.71 bits per heavy atom. The van der Waals surface area contributed by atoms with Crippen molar-refractivity contribution in [1.82, 2.24) is 25.0 Å². The van der Waals surface area contributed by atoms with E-state index in [-0.39, 0.29) is 16.5 Å². The van der Waals surface area contributed by atoms with Crippen LogP contribution in [-0.4, -0.2) is 25.0 Å². The summed E-state index contributed by atoms with van der Waals surface area (Å²) < 4.78 is 1.68. The first kappa shape index (κ1) is 9.76. The molecular formula is C10H9N5O2. The molecule has 7 nitrogen and oxygen atoms in total. The first-order chi connectivity index (χ1) is 8.22. The van der Waals surface area contributed by atoms with Gasteiger partial charge in [0.1, 0.15) is 0 Å². The number of aryl methyl sites for hydroxylation is 1. The molecule has 3 heterocycles. The first-order valence-electron chi connectivity index (χ1n) is 5.17. The quantitative estimate of drug-likeness (QED) is 0.615. The smallest absolute Gasteiger partial charge is 0.267 e. The number of nitrogens with one attached hydrogen (secondary N) is 2. The van der Waals surface area contributed by atoms with Gasteiger partial charge in [0, 0.05) is 12.7 Å². The molecule has 0 aliphatic carbocycles. The fourth-order valence-corrected chi connectivity index (χ4v) is 1.92. The number of nitrogens with zero attached hydrogens (tertiary/aromatic N) is 3. The molecular weight excluding hydrogens is 222 g/mol. The van der Waals surface area contributed by atoms with Gasteiger partial charge in [0.25, 0.3) is 11.1 Å². The second-order valence-corrected chi connectivity index (χ2v) is 3.65. The molecule has 0 radical (unpaired) electrons. The van der Waals surface area contributed by atoms with E-state index in [9.17, 15) is 9.59 Å². The summed E-state index contributed by atoms with van der Waals surface area (Å²) in [6.45, 7) is 2.59. The van der Waals surface area contributed by atoms with Crippen molar-refractivity contribution in [1.29, 1.82) is 0 Å². The van der Waals surface area contributed by atoms with E-state index in [1.165, 1.54) is 6.20 Å². The van der Waals surface area contributed by atoms with E-state index in [1.54, 1.807) is 10.9 Å². The van der Waals surface area contributed by atoms with Crippen LogP contribution in [0.25, 0.3) is 21.8 Å². The van der Waals surface area contributed by atoms with E-state index in [0.717, 1.165) is 0 Å². The van der Waals surface area contributed by atoms with Crippen LogP contribution in [0.5, 0.6) is 0 Å². The van der Waals surface area contributed by atoms with E-state index in [4.69, 9.17) is 0 Å². The number of hydrogen-bond acceptors (Lipinski definition) is 4. The van der Waals surface area contributed by atoms with Crippen LogP contribution in [0.2, 0.25) is 0 Å². The molecule has 7 heteroatoms. The fourth-order valence-electron chi connectivity index (χ4n) is 1.92. The molecule has 0 atom stereocenters. The Kier molecular flexibility index (Phi) is 1.88. The number of pyridine rings is 1. The lowest BCUT2D eigenvalue weighted by molar-refractivity contribution is 0.677. The Balaban J connectivity index is 2.65. The number of hydrogen-bond donors (Lipinski definition) is 2. The average Bonchev–Trinajstić information content (AvgIpc) is 2.76. The van der Waals surface area contributed by atoms with Crippen LogP contribution in [0, 0.1) is 0 Å². The lowest BCUT2D eigenvalue weighted by atomic mass is 10.2. The van der Waals surface area contributed by atoms with Gasteiger partial charge in [-0.05, 0) is 6.92 Å². The molecule has 17 heavy (non-hydrogen) atoms. The molecule has 0 aliphatic rings. The van der Waals surface area contributed by atoms with Crippen LogP contribution in [0.3, 0.4) is 0 Å². The molecule has 3 rings (SSSR count). The second kappa shape index (κ2) is 3.27. The van der Waals surface area contributed by atoms with Crippen molar-refractivity contribution >= 4 is 21.8 Å². The minimum absolute atomic E-state index is 0.275. The highest BCUT2D eigenvalue weighted by Crippen LogP contribution is 2.17. The van der Waals surface area contributed by atoms with Crippen LogP contribution >= 0.6 is 0 Å². The van der Waals surface area contributed by atoms with Crippen LogP contribution in [0.15, 0.2) is 22.0 Å². The molecule has 0 saturated heterocycles. The number of aromatic nitrogens is 5. The van der Waals surface area contributed by atoms with E-state index in [1.807, 2.05) is 6.92 Å². The third-order valence-corrected chi connectivity index (χ3v) is 2.73. The van der Waals surface area contributed by atoms with Crippen molar-refractivity contribution in [2.45, 2.75) is 13.5 Å². The zero-order valence-electron chi connectivity index (χ0n) is 9.02. The molecule has 0 saturated carbocycles. The maximum atomic E-state index is 11.8. The molecule has 0 fully saturated rings. The summed E-state index contributed by atoms with van der Waals surface area (Å²) in [7, 11) is 0. The molecule has 0 spiro atoms. The maximum Gasteiger partial charge on any atom is 0.272 e. The molecule has 3 aromatic heterocycles. The van der Waals surface area contributed by atoms with E-state index >= 15 is 0 Å². The Bertz CT molecular complexity index is 826. The average molecular weight is 231 g/mol. The SMILES string of the molecule is CCn1ncc2c3c(=O)[nH][nH]c(=O)c3cnc21. The lowest BCUT2D eigenvalue weighted by Crippen LogP contribution is -2.19. The van der Waals surface area contributed by atoms with Crippen LogP contribution in [-0.2, 0) is 6.54 Å². The van der Waals surface area contributed by atoms with Gasteiger partial charge in [-0.25, -0.2) is 9.67 Å². The predicted molar refractivity (Wildman–Crippen MR) is 61.9 cm³/mol. The summed E-state index contributed by atoms with van der Waals surface area (Å²) in [6, 6.07) is 0. The molecule has 0 aromatic carbocycles. The van der Waals surface area contributed by atoms with Gasteiger partial charge in [-0.15, -0.1) is 0 Å². The van der Waals surface area contributed by atoms with Gasteiger partial charge >= 0.3 is 0 Å². The summed E-state index contributed by atoms with van der Waals surface area (Å²) in [4.78, 5) is 27.5. The summed E-state index contributed by atoms with van der Waals surface area (Å²) in [6.07, 6.45) is 2.96. The predicted octanol–water partition coefficient (Wildman–Crippen LogP) is -0.0190. The Morgan fingerprint density at radius 1 is 1.18 bits per heavy atom. The zero-order valence-corrected chi connectivity index (χ0v) is 9.02. The van der Waals surface area contributed by atoms with Gasteiger partial charge in [0.15, 0.2) is 5.65 Å². The van der Waals surface area contributed by atoms with Crippen LogP contribution < -0.4 is 11.1 Å². The monoisotopic (exact) mass is 231 g/mol. The minimum atomic E-state index is -0.363. The third-order valence-electron chi connectivity index (χ3n) is 2.73. The van der Waals surface area contributed by atoms with Crippen LogP contribution in [0.1, 0.15) is 6.92 Å². The van der Waals surface area contributed by atoms with Crippen molar-refractivity contribution in [3.05, 3.63) is 33.1 Å². The molecule has 0 bridgehead atoms. The highest BCUT2D eigenvalue weighted by Gasteiger charge is 2.11. The van der Waals surface area contributed by atoms with Crippen molar-refractivity contribution in [3.8, 4) is 0 Å². The second-order valence-electron chi connectivity index (χ2n) is 3.65.